The monoisotopic (exact) mass is 239 g/mol. The summed E-state index contributed by atoms with van der Waals surface area (Å²) >= 11 is 1.16. The zero-order chi connectivity index (χ0) is 12.3. The van der Waals surface area contributed by atoms with Gasteiger partial charge in [-0.3, -0.25) is 0 Å². The topological polar surface area (TPSA) is 88.1 Å². The number of nitrogens with one attached hydrogen (secondary N) is 1. The number of nitriles is 1. The van der Waals surface area contributed by atoms with Gasteiger partial charge in [-0.15, -0.1) is 11.3 Å². The molecule has 0 aromatic carbocycles. The van der Waals surface area contributed by atoms with Crippen molar-refractivity contribution in [1.29, 1.82) is 5.26 Å². The molecule has 0 amide bonds. The number of thiophene rings is 1. The Morgan fingerprint density at radius 1 is 1.62 bits per heavy atom. The molecule has 3 N–H and O–H groups in total. The van der Waals surface area contributed by atoms with E-state index in [1.165, 1.54) is 7.11 Å². The number of hydrogen-bond donors (Lipinski definition) is 2. The number of ether oxygens (including phenoxy) is 1. The second-order valence-corrected chi connectivity index (χ2v) is 4.47. The minimum atomic E-state index is -0.529. The van der Waals surface area contributed by atoms with Crippen LogP contribution in [0.2, 0.25) is 0 Å². The Kier molecular flexibility index (Phi) is 3.74. The van der Waals surface area contributed by atoms with Gasteiger partial charge in [0.1, 0.15) is 21.5 Å². The van der Waals surface area contributed by atoms with Crippen LogP contribution in [-0.2, 0) is 4.74 Å². The Balaban J connectivity index is 3.26. The highest BCUT2D eigenvalue weighted by Crippen LogP contribution is 2.35. The number of anilines is 2. The molecule has 0 atom stereocenters. The van der Waals surface area contributed by atoms with Crippen molar-refractivity contribution in [2.24, 2.45) is 0 Å². The number of esters is 1. The largest absolute Gasteiger partial charge is 0.465 e. The zero-order valence-corrected chi connectivity index (χ0v) is 10.1. The number of rotatable bonds is 3. The second-order valence-electron chi connectivity index (χ2n) is 3.45. The average molecular weight is 239 g/mol. The van der Waals surface area contributed by atoms with Crippen molar-refractivity contribution in [2.75, 3.05) is 18.2 Å². The number of nitrogens with two attached hydrogens (primary N) is 1. The average Bonchev–Trinajstić information content (AvgIpc) is 2.53. The molecule has 0 aliphatic rings. The van der Waals surface area contributed by atoms with Crippen molar-refractivity contribution < 1.29 is 9.53 Å². The molecular weight excluding hydrogens is 226 g/mol. The van der Waals surface area contributed by atoms with Crippen molar-refractivity contribution in [3.8, 4) is 6.07 Å². The third-order valence-corrected chi connectivity index (χ3v) is 2.90. The summed E-state index contributed by atoms with van der Waals surface area (Å²) in [6, 6.07) is 2.10. The highest BCUT2D eigenvalue weighted by Gasteiger charge is 2.22. The van der Waals surface area contributed by atoms with Crippen LogP contribution in [0.25, 0.3) is 0 Å². The molecule has 16 heavy (non-hydrogen) atoms. The van der Waals surface area contributed by atoms with E-state index in [9.17, 15) is 4.79 Å². The first-order chi connectivity index (χ1) is 7.51. The summed E-state index contributed by atoms with van der Waals surface area (Å²) in [4.78, 5) is 11.8. The van der Waals surface area contributed by atoms with Crippen LogP contribution in [0.15, 0.2) is 0 Å². The molecule has 1 aromatic rings. The summed E-state index contributed by atoms with van der Waals surface area (Å²) in [6.07, 6.45) is 0. The number of carbonyl (C=O) groups is 1. The summed E-state index contributed by atoms with van der Waals surface area (Å²) in [5.74, 6) is -0.529. The van der Waals surface area contributed by atoms with Crippen LogP contribution in [-0.4, -0.2) is 19.1 Å². The Bertz CT molecular complexity index is 446. The lowest BCUT2D eigenvalue weighted by Gasteiger charge is -2.09. The lowest BCUT2D eigenvalue weighted by molar-refractivity contribution is 0.0603. The number of hydrogen-bond acceptors (Lipinski definition) is 6. The van der Waals surface area contributed by atoms with E-state index in [0.29, 0.717) is 9.88 Å². The number of nitrogen functional groups attached to an aromatic ring is 1. The quantitative estimate of drug-likeness (QED) is 0.785. The molecule has 5 nitrogen and oxygen atoms in total. The molecule has 0 aliphatic heterocycles. The molecule has 0 saturated heterocycles. The number of carbonyl (C=O) groups excluding carboxylic acids is 1. The summed E-state index contributed by atoms with van der Waals surface area (Å²) < 4.78 is 4.64. The van der Waals surface area contributed by atoms with Crippen molar-refractivity contribution in [3.05, 3.63) is 10.4 Å². The number of nitrogens with zero attached hydrogens (tertiary/aromatic N) is 1. The van der Waals surface area contributed by atoms with Crippen LogP contribution in [0, 0.1) is 11.3 Å². The molecule has 0 radical (unpaired) electrons. The van der Waals surface area contributed by atoms with Gasteiger partial charge in [0.05, 0.1) is 12.8 Å². The summed E-state index contributed by atoms with van der Waals surface area (Å²) in [7, 11) is 1.28. The normalized spacial score (nSPS) is 9.94. The molecule has 0 saturated carbocycles. The van der Waals surface area contributed by atoms with E-state index >= 15 is 0 Å². The van der Waals surface area contributed by atoms with Gasteiger partial charge in [-0.25, -0.2) is 4.79 Å². The van der Waals surface area contributed by atoms with Gasteiger partial charge in [-0.1, -0.05) is 0 Å². The maximum Gasteiger partial charge on any atom is 0.343 e. The van der Waals surface area contributed by atoms with Gasteiger partial charge < -0.3 is 15.8 Å². The highest BCUT2D eigenvalue weighted by atomic mass is 32.1. The van der Waals surface area contributed by atoms with Crippen LogP contribution in [0.3, 0.4) is 0 Å². The predicted octanol–water partition coefficient (Wildman–Crippen LogP) is 1.81. The smallest absolute Gasteiger partial charge is 0.343 e. The standard InChI is InChI=1S/C10H13N3O2S/c1-5(2)13-9-7(10(14)15-3)8(12)6(4-11)16-9/h5,13H,12H2,1-3H3. The van der Waals surface area contributed by atoms with Crippen LogP contribution in [0.4, 0.5) is 10.7 Å². The first-order valence-electron chi connectivity index (χ1n) is 4.68. The molecule has 0 bridgehead atoms. The van der Waals surface area contributed by atoms with Crippen molar-refractivity contribution in [3.63, 3.8) is 0 Å². The van der Waals surface area contributed by atoms with Crippen LogP contribution >= 0.6 is 11.3 Å². The van der Waals surface area contributed by atoms with Crippen molar-refractivity contribution in [1.82, 2.24) is 0 Å². The van der Waals surface area contributed by atoms with Crippen LogP contribution < -0.4 is 11.1 Å². The Hall–Kier alpha value is -1.74. The SMILES string of the molecule is COC(=O)c1c(NC(C)C)sc(C#N)c1N. The molecule has 0 spiro atoms. The third-order valence-electron chi connectivity index (χ3n) is 1.86. The molecular formula is C10H13N3O2S. The predicted molar refractivity (Wildman–Crippen MR) is 63.5 cm³/mol. The van der Waals surface area contributed by atoms with Gasteiger partial charge >= 0.3 is 5.97 Å². The van der Waals surface area contributed by atoms with E-state index in [4.69, 9.17) is 11.0 Å². The molecule has 6 heteroatoms. The first-order valence-corrected chi connectivity index (χ1v) is 5.50. The van der Waals surface area contributed by atoms with Crippen molar-refractivity contribution in [2.45, 2.75) is 19.9 Å². The Morgan fingerprint density at radius 3 is 2.69 bits per heavy atom. The lowest BCUT2D eigenvalue weighted by Crippen LogP contribution is -2.13. The van der Waals surface area contributed by atoms with Crippen molar-refractivity contribution >= 4 is 28.0 Å². The highest BCUT2D eigenvalue weighted by molar-refractivity contribution is 7.17. The van der Waals surface area contributed by atoms with Gasteiger partial charge in [0.25, 0.3) is 0 Å². The van der Waals surface area contributed by atoms with E-state index < -0.39 is 5.97 Å². The van der Waals surface area contributed by atoms with Crippen LogP contribution in [0.1, 0.15) is 29.1 Å². The van der Waals surface area contributed by atoms with E-state index in [0.717, 1.165) is 11.3 Å². The molecule has 0 aliphatic carbocycles. The van der Waals surface area contributed by atoms with Gasteiger partial charge in [0.15, 0.2) is 0 Å². The minimum absolute atomic E-state index is 0.146. The third kappa shape index (κ3) is 2.25. The lowest BCUT2D eigenvalue weighted by atomic mass is 10.2. The maximum atomic E-state index is 11.5. The molecule has 0 unspecified atom stereocenters. The van der Waals surface area contributed by atoms with Gasteiger partial charge in [-0.05, 0) is 13.8 Å². The van der Waals surface area contributed by atoms with E-state index in [1.54, 1.807) is 0 Å². The summed E-state index contributed by atoms with van der Waals surface area (Å²) in [6.45, 7) is 3.87. The maximum absolute atomic E-state index is 11.5. The summed E-state index contributed by atoms with van der Waals surface area (Å²) in [5.41, 5.74) is 6.14. The first kappa shape index (κ1) is 12.3. The Labute approximate surface area is 97.8 Å². The minimum Gasteiger partial charge on any atom is -0.465 e. The van der Waals surface area contributed by atoms with E-state index in [-0.39, 0.29) is 17.3 Å². The Morgan fingerprint density at radius 2 is 2.25 bits per heavy atom. The van der Waals surface area contributed by atoms with Gasteiger partial charge in [0, 0.05) is 6.04 Å². The molecule has 1 heterocycles. The van der Waals surface area contributed by atoms with E-state index in [1.807, 2.05) is 19.9 Å². The second kappa shape index (κ2) is 4.86. The van der Waals surface area contributed by atoms with E-state index in [2.05, 4.69) is 10.1 Å². The molecule has 86 valence electrons. The fourth-order valence-electron chi connectivity index (χ4n) is 1.20. The molecule has 1 aromatic heterocycles. The number of methoxy groups -OCH3 is 1. The zero-order valence-electron chi connectivity index (χ0n) is 9.33. The molecule has 0 fully saturated rings. The fraction of sp³-hybridized carbons (Fsp3) is 0.400. The van der Waals surface area contributed by atoms with Gasteiger partial charge in [-0.2, -0.15) is 5.26 Å². The van der Waals surface area contributed by atoms with Crippen LogP contribution in [0.5, 0.6) is 0 Å². The summed E-state index contributed by atoms with van der Waals surface area (Å²) in [5, 5.41) is 12.5. The molecule has 1 rings (SSSR count). The fourth-order valence-corrected chi connectivity index (χ4v) is 2.25. The van der Waals surface area contributed by atoms with Gasteiger partial charge in [0.2, 0.25) is 0 Å².